The van der Waals surface area contributed by atoms with E-state index in [2.05, 4.69) is 53.3 Å². The van der Waals surface area contributed by atoms with Crippen LogP contribution in [0.1, 0.15) is 18.7 Å². The van der Waals surface area contributed by atoms with Crippen LogP contribution in [0.15, 0.2) is 34.8 Å². The van der Waals surface area contributed by atoms with E-state index >= 15 is 0 Å². The SMILES string of the molecule is CC(C)NCc1ccc(-c2ccc(Cl)cc2Br)s1. The maximum Gasteiger partial charge on any atom is 0.0417 e. The number of nitrogens with one attached hydrogen (secondary N) is 1. The van der Waals surface area contributed by atoms with E-state index in [-0.39, 0.29) is 0 Å². The van der Waals surface area contributed by atoms with E-state index in [0.29, 0.717) is 6.04 Å². The Labute approximate surface area is 125 Å². The highest BCUT2D eigenvalue weighted by Gasteiger charge is 2.07. The molecule has 0 radical (unpaired) electrons. The lowest BCUT2D eigenvalue weighted by atomic mass is 10.2. The van der Waals surface area contributed by atoms with Crippen LogP contribution >= 0.6 is 38.9 Å². The van der Waals surface area contributed by atoms with Crippen LogP contribution in [-0.2, 0) is 6.54 Å². The van der Waals surface area contributed by atoms with Gasteiger partial charge in [-0.2, -0.15) is 0 Å². The average molecular weight is 345 g/mol. The molecule has 1 aromatic heterocycles. The Bertz CT molecular complexity index is 536. The lowest BCUT2D eigenvalue weighted by molar-refractivity contribution is 0.593. The van der Waals surface area contributed by atoms with E-state index in [1.807, 2.05) is 23.5 Å². The summed E-state index contributed by atoms with van der Waals surface area (Å²) in [6.07, 6.45) is 0. The van der Waals surface area contributed by atoms with Crippen LogP contribution in [-0.4, -0.2) is 6.04 Å². The van der Waals surface area contributed by atoms with Crippen LogP contribution in [0.25, 0.3) is 10.4 Å². The van der Waals surface area contributed by atoms with Gasteiger partial charge in [0.15, 0.2) is 0 Å². The van der Waals surface area contributed by atoms with Gasteiger partial charge < -0.3 is 5.32 Å². The van der Waals surface area contributed by atoms with Crippen molar-refractivity contribution < 1.29 is 0 Å². The molecule has 96 valence electrons. The summed E-state index contributed by atoms with van der Waals surface area (Å²) in [5, 5.41) is 4.18. The number of hydrogen-bond acceptors (Lipinski definition) is 2. The lowest BCUT2D eigenvalue weighted by Gasteiger charge is -2.05. The monoisotopic (exact) mass is 343 g/mol. The summed E-state index contributed by atoms with van der Waals surface area (Å²) >= 11 is 11.3. The Kier molecular flexibility index (Phi) is 4.84. The average Bonchev–Trinajstić information content (AvgIpc) is 2.75. The molecule has 0 aliphatic rings. The first-order valence-corrected chi connectivity index (χ1v) is 7.82. The molecule has 4 heteroatoms. The molecule has 0 saturated carbocycles. The molecule has 0 bridgehead atoms. The standard InChI is InChI=1S/C14H15BrClNS/c1-9(2)17-8-11-4-6-14(18-11)12-5-3-10(16)7-13(12)15/h3-7,9,17H,8H2,1-2H3. The summed E-state index contributed by atoms with van der Waals surface area (Å²) in [4.78, 5) is 2.61. The summed E-state index contributed by atoms with van der Waals surface area (Å²) in [6, 6.07) is 10.8. The van der Waals surface area contributed by atoms with Crippen molar-refractivity contribution >= 4 is 38.9 Å². The topological polar surface area (TPSA) is 12.0 Å². The number of hydrogen-bond donors (Lipinski definition) is 1. The molecule has 1 heterocycles. The predicted molar refractivity (Wildman–Crippen MR) is 84.4 cm³/mol. The Morgan fingerprint density at radius 1 is 1.28 bits per heavy atom. The normalized spacial score (nSPS) is 11.2. The van der Waals surface area contributed by atoms with Crippen molar-refractivity contribution in [1.82, 2.24) is 5.32 Å². The third-order valence-corrected chi connectivity index (χ3v) is 4.55. The molecule has 0 amide bonds. The molecular weight excluding hydrogens is 330 g/mol. The smallest absolute Gasteiger partial charge is 0.0417 e. The van der Waals surface area contributed by atoms with Crippen molar-refractivity contribution in [1.29, 1.82) is 0 Å². The number of rotatable bonds is 4. The molecule has 1 aromatic carbocycles. The zero-order valence-electron chi connectivity index (χ0n) is 10.3. The second-order valence-corrected chi connectivity index (χ2v) is 6.88. The summed E-state index contributed by atoms with van der Waals surface area (Å²) in [5.74, 6) is 0. The molecule has 0 saturated heterocycles. The van der Waals surface area contributed by atoms with Crippen molar-refractivity contribution in [3.63, 3.8) is 0 Å². The molecule has 0 fully saturated rings. The second-order valence-electron chi connectivity index (χ2n) is 4.43. The minimum absolute atomic E-state index is 0.512. The predicted octanol–water partition coefficient (Wildman–Crippen LogP) is 5.33. The summed E-state index contributed by atoms with van der Waals surface area (Å²) in [5.41, 5.74) is 1.19. The fourth-order valence-corrected chi connectivity index (χ4v) is 3.64. The molecule has 0 aliphatic carbocycles. The van der Waals surface area contributed by atoms with Crippen molar-refractivity contribution in [2.45, 2.75) is 26.4 Å². The zero-order valence-corrected chi connectivity index (χ0v) is 13.5. The summed E-state index contributed by atoms with van der Waals surface area (Å²) in [6.45, 7) is 5.24. The molecule has 0 unspecified atom stereocenters. The summed E-state index contributed by atoms with van der Waals surface area (Å²) < 4.78 is 1.04. The van der Waals surface area contributed by atoms with Gasteiger partial charge in [-0.05, 0) is 24.3 Å². The molecule has 2 rings (SSSR count). The van der Waals surface area contributed by atoms with E-state index < -0.39 is 0 Å². The molecule has 1 N–H and O–H groups in total. The van der Waals surface area contributed by atoms with E-state index in [9.17, 15) is 0 Å². The van der Waals surface area contributed by atoms with E-state index in [1.54, 1.807) is 0 Å². The van der Waals surface area contributed by atoms with Gasteiger partial charge in [-0.1, -0.05) is 47.4 Å². The van der Waals surface area contributed by atoms with Gasteiger partial charge in [-0.3, -0.25) is 0 Å². The Morgan fingerprint density at radius 2 is 2.06 bits per heavy atom. The van der Waals surface area contributed by atoms with Gasteiger partial charge in [0.25, 0.3) is 0 Å². The first-order valence-electron chi connectivity index (χ1n) is 5.84. The zero-order chi connectivity index (χ0) is 13.1. The van der Waals surface area contributed by atoms with Crippen LogP contribution in [0, 0.1) is 0 Å². The van der Waals surface area contributed by atoms with Gasteiger partial charge >= 0.3 is 0 Å². The highest BCUT2D eigenvalue weighted by Crippen LogP contribution is 2.35. The van der Waals surface area contributed by atoms with Crippen molar-refractivity contribution in [3.8, 4) is 10.4 Å². The van der Waals surface area contributed by atoms with Crippen molar-refractivity contribution in [2.24, 2.45) is 0 Å². The second kappa shape index (κ2) is 6.20. The fourth-order valence-electron chi connectivity index (χ4n) is 1.61. The lowest BCUT2D eigenvalue weighted by Crippen LogP contribution is -2.21. The molecule has 18 heavy (non-hydrogen) atoms. The number of halogens is 2. The first-order chi connectivity index (χ1) is 8.56. The highest BCUT2D eigenvalue weighted by atomic mass is 79.9. The van der Waals surface area contributed by atoms with Crippen LogP contribution in [0.5, 0.6) is 0 Å². The molecule has 0 aliphatic heterocycles. The third kappa shape index (κ3) is 3.58. The van der Waals surface area contributed by atoms with Gasteiger partial charge in [0.2, 0.25) is 0 Å². The summed E-state index contributed by atoms with van der Waals surface area (Å²) in [7, 11) is 0. The van der Waals surface area contributed by atoms with E-state index in [1.165, 1.54) is 15.3 Å². The molecular formula is C14H15BrClNS. The molecule has 1 nitrogen and oxygen atoms in total. The largest absolute Gasteiger partial charge is 0.310 e. The van der Waals surface area contributed by atoms with Crippen molar-refractivity contribution in [2.75, 3.05) is 0 Å². The van der Waals surface area contributed by atoms with Crippen LogP contribution < -0.4 is 5.32 Å². The van der Waals surface area contributed by atoms with Gasteiger partial charge in [0.05, 0.1) is 0 Å². The van der Waals surface area contributed by atoms with Gasteiger partial charge in [-0.15, -0.1) is 11.3 Å². The quantitative estimate of drug-likeness (QED) is 0.790. The highest BCUT2D eigenvalue weighted by molar-refractivity contribution is 9.10. The Hall–Kier alpha value is -0.350. The minimum atomic E-state index is 0.512. The maximum atomic E-state index is 5.96. The van der Waals surface area contributed by atoms with Crippen molar-refractivity contribution in [3.05, 3.63) is 44.7 Å². The maximum absolute atomic E-state index is 5.96. The minimum Gasteiger partial charge on any atom is -0.310 e. The van der Waals surface area contributed by atoms with Crippen LogP contribution in [0.4, 0.5) is 0 Å². The van der Waals surface area contributed by atoms with Crippen LogP contribution in [0.2, 0.25) is 5.02 Å². The Balaban J connectivity index is 2.18. The first kappa shape index (κ1) is 14.1. The van der Waals surface area contributed by atoms with Gasteiger partial charge in [-0.25, -0.2) is 0 Å². The fraction of sp³-hybridized carbons (Fsp3) is 0.286. The van der Waals surface area contributed by atoms with Gasteiger partial charge in [0.1, 0.15) is 0 Å². The van der Waals surface area contributed by atoms with E-state index in [4.69, 9.17) is 11.6 Å². The molecule has 0 atom stereocenters. The number of benzene rings is 1. The molecule has 2 aromatic rings. The van der Waals surface area contributed by atoms with Gasteiger partial charge in [0, 0.05) is 37.4 Å². The molecule has 0 spiro atoms. The number of thiophene rings is 1. The Morgan fingerprint density at radius 3 is 2.72 bits per heavy atom. The van der Waals surface area contributed by atoms with Crippen LogP contribution in [0.3, 0.4) is 0 Å². The van der Waals surface area contributed by atoms with E-state index in [0.717, 1.165) is 16.0 Å². The third-order valence-electron chi connectivity index (χ3n) is 2.54.